The van der Waals surface area contributed by atoms with Crippen LogP contribution in [0.4, 0.5) is 0 Å². The summed E-state index contributed by atoms with van der Waals surface area (Å²) in [5.74, 6) is -0.0857. The average Bonchev–Trinajstić information content (AvgIpc) is 1.79. The Hall–Kier alpha value is -0.890. The number of carbonyl (C=O) groups is 1. The van der Waals surface area contributed by atoms with Crippen LogP contribution < -0.4 is 0 Å². The molecule has 0 heterocycles. The van der Waals surface area contributed by atoms with E-state index in [0.717, 1.165) is 0 Å². The highest BCUT2D eigenvalue weighted by Gasteiger charge is 2.15. The van der Waals surface area contributed by atoms with Gasteiger partial charge in [0.15, 0.2) is 5.78 Å². The topological polar surface area (TPSA) is 37.3 Å². The predicted molar refractivity (Wildman–Crippen MR) is 45.3 cm³/mol. The second-order valence-corrected chi connectivity index (χ2v) is 3.05. The highest BCUT2D eigenvalue weighted by atomic mass is 16.3. The van der Waals surface area contributed by atoms with Crippen molar-refractivity contribution < 1.29 is 9.90 Å². The van der Waals surface area contributed by atoms with E-state index in [4.69, 9.17) is 0 Å². The van der Waals surface area contributed by atoms with Gasteiger partial charge in [-0.2, -0.15) is 0 Å². The molecule has 62 valence electrons. The maximum atomic E-state index is 10.9. The Kier molecular flexibility index (Phi) is 3.76. The first-order valence-electron chi connectivity index (χ1n) is 3.50. The molecule has 0 unspecified atom stereocenters. The minimum Gasteiger partial charge on any atom is -0.390 e. The summed E-state index contributed by atoms with van der Waals surface area (Å²) < 4.78 is 0. The van der Waals surface area contributed by atoms with Gasteiger partial charge in [0, 0.05) is 6.42 Å². The van der Waals surface area contributed by atoms with Crippen molar-refractivity contribution in [3.63, 3.8) is 0 Å². The van der Waals surface area contributed by atoms with Crippen LogP contribution in [0.25, 0.3) is 0 Å². The van der Waals surface area contributed by atoms with Crippen molar-refractivity contribution in [2.45, 2.75) is 25.9 Å². The molecule has 1 N–H and O–H groups in total. The van der Waals surface area contributed by atoms with Crippen LogP contribution in [-0.4, -0.2) is 16.5 Å². The van der Waals surface area contributed by atoms with Gasteiger partial charge in [0.05, 0.1) is 5.60 Å². The first kappa shape index (κ1) is 10.1. The van der Waals surface area contributed by atoms with E-state index in [0.29, 0.717) is 0 Å². The lowest BCUT2D eigenvalue weighted by Crippen LogP contribution is -2.22. The van der Waals surface area contributed by atoms with Crippen LogP contribution in [-0.2, 0) is 4.79 Å². The molecular weight excluding hydrogens is 140 g/mol. The summed E-state index contributed by atoms with van der Waals surface area (Å²) in [4.78, 5) is 10.9. The number of hydrogen-bond donors (Lipinski definition) is 1. The summed E-state index contributed by atoms with van der Waals surface area (Å²) in [7, 11) is 0. The van der Waals surface area contributed by atoms with Gasteiger partial charge in [0.25, 0.3) is 0 Å². The molecule has 0 aromatic carbocycles. The molecule has 0 spiro atoms. The van der Waals surface area contributed by atoms with E-state index < -0.39 is 5.60 Å². The van der Waals surface area contributed by atoms with E-state index >= 15 is 0 Å². The molecule has 0 bridgehead atoms. The number of carbonyl (C=O) groups excluding carboxylic acids is 1. The highest BCUT2D eigenvalue weighted by molar-refractivity contribution is 5.90. The molecule has 0 saturated carbocycles. The molecule has 0 atom stereocenters. The molecule has 0 amide bonds. The largest absolute Gasteiger partial charge is 0.390 e. The lowest BCUT2D eigenvalue weighted by Gasteiger charge is -2.13. The van der Waals surface area contributed by atoms with Crippen molar-refractivity contribution >= 4 is 5.78 Å². The predicted octanol–water partition coefficient (Wildman–Crippen LogP) is 1.46. The van der Waals surface area contributed by atoms with E-state index in [2.05, 4.69) is 6.58 Å². The molecule has 0 aliphatic heterocycles. The van der Waals surface area contributed by atoms with Crippen LogP contribution in [0.1, 0.15) is 20.3 Å². The summed E-state index contributed by atoms with van der Waals surface area (Å²) >= 11 is 0. The van der Waals surface area contributed by atoms with Gasteiger partial charge >= 0.3 is 0 Å². The Bertz CT molecular complexity index is 172. The number of ketones is 1. The molecule has 0 aliphatic rings. The molecule has 2 nitrogen and oxygen atoms in total. The summed E-state index contributed by atoms with van der Waals surface area (Å²) in [6, 6.07) is 0. The Morgan fingerprint density at radius 2 is 2.18 bits per heavy atom. The van der Waals surface area contributed by atoms with Crippen molar-refractivity contribution in [3.8, 4) is 0 Å². The molecule has 0 aromatic rings. The minimum atomic E-state index is -0.914. The Balaban J connectivity index is 3.89. The Morgan fingerprint density at radius 1 is 1.64 bits per heavy atom. The van der Waals surface area contributed by atoms with E-state index in [1.54, 1.807) is 19.9 Å². The molecule has 0 fully saturated rings. The second-order valence-electron chi connectivity index (χ2n) is 3.05. The third-order valence-electron chi connectivity index (χ3n) is 1.03. The molecule has 2 heteroatoms. The minimum absolute atomic E-state index is 0.0857. The summed E-state index contributed by atoms with van der Waals surface area (Å²) in [5.41, 5.74) is -0.914. The van der Waals surface area contributed by atoms with Crippen LogP contribution in [0.5, 0.6) is 0 Å². The normalized spacial score (nSPS) is 11.9. The van der Waals surface area contributed by atoms with Gasteiger partial charge in [-0.15, -0.1) is 0 Å². The quantitative estimate of drug-likeness (QED) is 0.491. The van der Waals surface area contributed by atoms with Crippen molar-refractivity contribution in [1.29, 1.82) is 0 Å². The van der Waals surface area contributed by atoms with Gasteiger partial charge in [-0.1, -0.05) is 18.7 Å². The van der Waals surface area contributed by atoms with Gasteiger partial charge in [-0.25, -0.2) is 0 Å². The van der Waals surface area contributed by atoms with Gasteiger partial charge in [0.2, 0.25) is 0 Å². The third kappa shape index (κ3) is 7.00. The number of aliphatic hydroxyl groups is 1. The van der Waals surface area contributed by atoms with E-state index in [9.17, 15) is 9.90 Å². The van der Waals surface area contributed by atoms with Crippen LogP contribution >= 0.6 is 0 Å². The summed E-state index contributed by atoms with van der Waals surface area (Å²) in [6.45, 7) is 6.64. The Morgan fingerprint density at radius 3 is 2.55 bits per heavy atom. The van der Waals surface area contributed by atoms with Crippen LogP contribution in [0.2, 0.25) is 0 Å². The van der Waals surface area contributed by atoms with Gasteiger partial charge in [0.1, 0.15) is 0 Å². The number of rotatable bonds is 4. The maximum absolute atomic E-state index is 10.9. The van der Waals surface area contributed by atoms with Crippen molar-refractivity contribution in [3.05, 3.63) is 24.8 Å². The molecule has 11 heavy (non-hydrogen) atoms. The van der Waals surface area contributed by atoms with Crippen LogP contribution in [0.3, 0.4) is 0 Å². The fraction of sp³-hybridized carbons (Fsp3) is 0.444. The Labute approximate surface area is 67.2 Å². The molecule has 0 aromatic heterocycles. The first-order valence-corrected chi connectivity index (χ1v) is 3.50. The zero-order valence-electron chi connectivity index (χ0n) is 7.00. The van der Waals surface area contributed by atoms with Gasteiger partial charge in [-0.05, 0) is 19.9 Å². The lowest BCUT2D eigenvalue weighted by atomic mass is 10.0. The van der Waals surface area contributed by atoms with E-state index in [1.807, 2.05) is 0 Å². The lowest BCUT2D eigenvalue weighted by molar-refractivity contribution is -0.118. The zero-order valence-corrected chi connectivity index (χ0v) is 7.00. The van der Waals surface area contributed by atoms with Crippen LogP contribution in [0.15, 0.2) is 24.8 Å². The fourth-order valence-electron chi connectivity index (χ4n) is 0.661. The van der Waals surface area contributed by atoms with Crippen molar-refractivity contribution in [2.75, 3.05) is 0 Å². The SMILES string of the molecule is C=C/C=C/C(=O)CC(C)(C)O. The van der Waals surface area contributed by atoms with Gasteiger partial charge < -0.3 is 5.11 Å². The molecular formula is C9H14O2. The van der Waals surface area contributed by atoms with Crippen molar-refractivity contribution in [2.24, 2.45) is 0 Å². The van der Waals surface area contributed by atoms with E-state index in [1.165, 1.54) is 12.2 Å². The fourth-order valence-corrected chi connectivity index (χ4v) is 0.661. The van der Waals surface area contributed by atoms with Crippen molar-refractivity contribution in [1.82, 2.24) is 0 Å². The smallest absolute Gasteiger partial charge is 0.158 e. The highest BCUT2D eigenvalue weighted by Crippen LogP contribution is 2.07. The third-order valence-corrected chi connectivity index (χ3v) is 1.03. The molecule has 0 rings (SSSR count). The van der Waals surface area contributed by atoms with Crippen LogP contribution in [0, 0.1) is 0 Å². The monoisotopic (exact) mass is 154 g/mol. The van der Waals surface area contributed by atoms with Gasteiger partial charge in [-0.3, -0.25) is 4.79 Å². The standard InChI is InChI=1S/C9H14O2/c1-4-5-6-8(10)7-9(2,3)11/h4-6,11H,1,7H2,2-3H3/b6-5+. The molecule has 0 radical (unpaired) electrons. The number of hydrogen-bond acceptors (Lipinski definition) is 2. The molecule has 0 aliphatic carbocycles. The number of allylic oxidation sites excluding steroid dienone is 3. The van der Waals surface area contributed by atoms with E-state index in [-0.39, 0.29) is 12.2 Å². The maximum Gasteiger partial charge on any atom is 0.158 e. The molecule has 0 saturated heterocycles. The second kappa shape index (κ2) is 4.09. The first-order chi connectivity index (χ1) is 4.95. The average molecular weight is 154 g/mol. The summed E-state index contributed by atoms with van der Waals surface area (Å²) in [5, 5.41) is 9.21. The summed E-state index contributed by atoms with van der Waals surface area (Å²) in [6.07, 6.45) is 4.65. The zero-order chi connectivity index (χ0) is 8.91.